The number of halogens is 2. The number of aryl methyl sites for hydroxylation is 1. The number of aromatic nitrogens is 2. The van der Waals surface area contributed by atoms with Crippen molar-refractivity contribution < 1.29 is 18.3 Å². The molecule has 0 spiro atoms. The smallest absolute Gasteiger partial charge is 0.282 e. The van der Waals surface area contributed by atoms with E-state index in [4.69, 9.17) is 4.74 Å². The number of rotatable bonds is 9. The van der Waals surface area contributed by atoms with Gasteiger partial charge in [0, 0.05) is 18.8 Å². The van der Waals surface area contributed by atoms with Crippen LogP contribution in [0.4, 0.5) is 8.78 Å². The van der Waals surface area contributed by atoms with Crippen LogP contribution in [0.5, 0.6) is 5.75 Å². The van der Waals surface area contributed by atoms with Crippen molar-refractivity contribution in [3.63, 3.8) is 0 Å². The van der Waals surface area contributed by atoms with Gasteiger partial charge in [-0.05, 0) is 37.6 Å². The Morgan fingerprint density at radius 1 is 1.42 bits per heavy atom. The molecule has 0 fully saturated rings. The number of hydrogen-bond donors (Lipinski definition) is 0. The Balaban J connectivity index is 2.06. The van der Waals surface area contributed by atoms with E-state index >= 15 is 0 Å². The molecule has 0 unspecified atom stereocenters. The highest BCUT2D eigenvalue weighted by atomic mass is 19.3. The maximum Gasteiger partial charge on any atom is 0.282 e. The van der Waals surface area contributed by atoms with Crippen LogP contribution < -0.4 is 4.74 Å². The first-order valence-electron chi connectivity index (χ1n) is 8.37. The molecule has 0 bridgehead atoms. The van der Waals surface area contributed by atoms with E-state index in [1.165, 1.54) is 10.7 Å². The van der Waals surface area contributed by atoms with Gasteiger partial charge in [-0.2, -0.15) is 5.10 Å². The van der Waals surface area contributed by atoms with Gasteiger partial charge < -0.3 is 9.64 Å². The highest BCUT2D eigenvalue weighted by Gasteiger charge is 2.18. The van der Waals surface area contributed by atoms with Gasteiger partial charge in [-0.15, -0.1) is 0 Å². The van der Waals surface area contributed by atoms with Crippen LogP contribution in [-0.2, 0) is 17.9 Å². The van der Waals surface area contributed by atoms with Gasteiger partial charge in [-0.3, -0.25) is 9.48 Å². The van der Waals surface area contributed by atoms with Crippen molar-refractivity contribution in [2.24, 2.45) is 0 Å². The number of alkyl halides is 2. The molecule has 1 aromatic heterocycles. The summed E-state index contributed by atoms with van der Waals surface area (Å²) in [6, 6.07) is 8.77. The third kappa shape index (κ3) is 5.15. The van der Waals surface area contributed by atoms with E-state index in [1.807, 2.05) is 31.2 Å². The fourth-order valence-electron chi connectivity index (χ4n) is 2.52. The zero-order valence-corrected chi connectivity index (χ0v) is 15.0. The molecule has 0 saturated carbocycles. The lowest BCUT2D eigenvalue weighted by molar-refractivity contribution is -0.132. The first-order chi connectivity index (χ1) is 12.4. The molecule has 7 heteroatoms. The zero-order chi connectivity index (χ0) is 19.1. The zero-order valence-electron chi connectivity index (χ0n) is 15.0. The van der Waals surface area contributed by atoms with Crippen molar-refractivity contribution in [1.29, 1.82) is 0 Å². The Bertz CT molecular complexity index is 759. The third-order valence-electron chi connectivity index (χ3n) is 3.88. The number of benzene rings is 1. The maximum atomic E-state index is 12.7. The molecule has 0 saturated heterocycles. The van der Waals surface area contributed by atoms with E-state index in [1.54, 1.807) is 17.9 Å². The lowest BCUT2D eigenvalue weighted by Crippen LogP contribution is -2.33. The molecule has 0 atom stereocenters. The van der Waals surface area contributed by atoms with Gasteiger partial charge in [0.15, 0.2) is 0 Å². The van der Waals surface area contributed by atoms with Crippen LogP contribution in [0.25, 0.3) is 0 Å². The average molecular weight is 363 g/mol. The van der Waals surface area contributed by atoms with E-state index in [0.717, 1.165) is 5.56 Å². The maximum absolute atomic E-state index is 12.7. The fraction of sp³-hybridized carbons (Fsp3) is 0.368. The minimum absolute atomic E-state index is 0.0704. The second-order valence-electron chi connectivity index (χ2n) is 5.82. The summed E-state index contributed by atoms with van der Waals surface area (Å²) in [6.45, 7) is 8.38. The van der Waals surface area contributed by atoms with E-state index in [9.17, 15) is 13.6 Å². The molecule has 26 heavy (non-hydrogen) atoms. The Hall–Kier alpha value is -2.70. The minimum Gasteiger partial charge on any atom is -0.490 e. The summed E-state index contributed by atoms with van der Waals surface area (Å²) in [4.78, 5) is 14.2. The topological polar surface area (TPSA) is 47.4 Å². The second-order valence-corrected chi connectivity index (χ2v) is 5.82. The lowest BCUT2D eigenvalue weighted by atomic mass is 10.2. The molecular formula is C19H23F2N3O2. The molecule has 0 radical (unpaired) electrons. The summed E-state index contributed by atoms with van der Waals surface area (Å²) in [5, 5.41) is 3.81. The predicted octanol–water partition coefficient (Wildman–Crippen LogP) is 3.74. The average Bonchev–Trinajstić information content (AvgIpc) is 2.99. The monoisotopic (exact) mass is 363 g/mol. The summed E-state index contributed by atoms with van der Waals surface area (Å²) < 4.78 is 32.3. The van der Waals surface area contributed by atoms with E-state index in [2.05, 4.69) is 11.7 Å². The van der Waals surface area contributed by atoms with Crippen molar-refractivity contribution >= 4 is 5.91 Å². The second kappa shape index (κ2) is 9.12. The fourth-order valence-corrected chi connectivity index (χ4v) is 2.52. The summed E-state index contributed by atoms with van der Waals surface area (Å²) in [7, 11) is 0. The number of nitrogens with zero attached hydrogens (tertiary/aromatic N) is 3. The van der Waals surface area contributed by atoms with Crippen molar-refractivity contribution in [2.45, 2.75) is 33.4 Å². The van der Waals surface area contributed by atoms with Crippen molar-refractivity contribution in [2.75, 3.05) is 13.2 Å². The molecule has 5 nitrogen and oxygen atoms in total. The van der Waals surface area contributed by atoms with Crippen LogP contribution in [0.15, 0.2) is 43.0 Å². The number of hydrogen-bond acceptors (Lipinski definition) is 3. The quantitative estimate of drug-likeness (QED) is 0.638. The van der Waals surface area contributed by atoms with E-state index < -0.39 is 6.43 Å². The summed E-state index contributed by atoms with van der Waals surface area (Å²) in [5.74, 6) is 0.521. The van der Waals surface area contributed by atoms with E-state index in [0.29, 0.717) is 31.1 Å². The SMILES string of the molecule is C=CCOc1cccc(CN(CC)C(=O)Cn2nc(C(F)F)cc2C)c1. The molecule has 0 N–H and O–H groups in total. The van der Waals surface area contributed by atoms with Crippen molar-refractivity contribution in [3.05, 3.63) is 59.9 Å². The Kier molecular flexibility index (Phi) is 6.89. The molecule has 0 aliphatic heterocycles. The van der Waals surface area contributed by atoms with Gasteiger partial charge in [-0.1, -0.05) is 24.8 Å². The number of amides is 1. The summed E-state index contributed by atoms with van der Waals surface area (Å²) in [6.07, 6.45) is -0.986. The number of carbonyl (C=O) groups excluding carboxylic acids is 1. The van der Waals surface area contributed by atoms with Gasteiger partial charge >= 0.3 is 0 Å². The van der Waals surface area contributed by atoms with Gasteiger partial charge in [0.1, 0.15) is 24.6 Å². The standard InChI is InChI=1S/C19H23F2N3O2/c1-4-9-26-16-8-6-7-15(11-16)12-23(5-2)18(25)13-24-14(3)10-17(22-24)19(20)21/h4,6-8,10-11,19H,1,5,9,12-13H2,2-3H3. The highest BCUT2D eigenvalue weighted by molar-refractivity contribution is 5.76. The molecule has 2 rings (SSSR count). The Labute approximate surface area is 151 Å². The number of carbonyl (C=O) groups is 1. The molecule has 1 amide bonds. The van der Waals surface area contributed by atoms with Crippen molar-refractivity contribution in [1.82, 2.24) is 14.7 Å². The first kappa shape index (κ1) is 19.6. The third-order valence-corrected chi connectivity index (χ3v) is 3.88. The summed E-state index contributed by atoms with van der Waals surface area (Å²) in [5.41, 5.74) is 1.14. The van der Waals surface area contributed by atoms with Crippen LogP contribution in [0.1, 0.15) is 30.3 Å². The molecule has 2 aromatic rings. The Morgan fingerprint density at radius 2 is 2.19 bits per heavy atom. The number of ether oxygens (including phenoxy) is 1. The van der Waals surface area contributed by atoms with Gasteiger partial charge in [0.05, 0.1) is 0 Å². The van der Waals surface area contributed by atoms with Crippen LogP contribution >= 0.6 is 0 Å². The van der Waals surface area contributed by atoms with Crippen LogP contribution in [0.2, 0.25) is 0 Å². The molecule has 1 heterocycles. The molecule has 0 aliphatic carbocycles. The largest absolute Gasteiger partial charge is 0.490 e. The van der Waals surface area contributed by atoms with Gasteiger partial charge in [-0.25, -0.2) is 8.78 Å². The molecular weight excluding hydrogens is 340 g/mol. The highest BCUT2D eigenvalue weighted by Crippen LogP contribution is 2.18. The predicted molar refractivity (Wildman–Crippen MR) is 95.1 cm³/mol. The van der Waals surface area contributed by atoms with Crippen molar-refractivity contribution in [3.8, 4) is 5.75 Å². The van der Waals surface area contributed by atoms with Crippen LogP contribution in [0.3, 0.4) is 0 Å². The lowest BCUT2D eigenvalue weighted by Gasteiger charge is -2.21. The molecule has 140 valence electrons. The molecule has 1 aromatic carbocycles. The van der Waals surface area contributed by atoms with Gasteiger partial charge in [0.25, 0.3) is 6.43 Å². The minimum atomic E-state index is -2.65. The van der Waals surface area contributed by atoms with Crippen LogP contribution in [0, 0.1) is 6.92 Å². The Morgan fingerprint density at radius 3 is 2.81 bits per heavy atom. The van der Waals surface area contributed by atoms with Crippen LogP contribution in [-0.4, -0.2) is 33.7 Å². The molecule has 0 aliphatic rings. The van der Waals surface area contributed by atoms with E-state index in [-0.39, 0.29) is 18.1 Å². The summed E-state index contributed by atoms with van der Waals surface area (Å²) >= 11 is 0. The first-order valence-corrected chi connectivity index (χ1v) is 8.37. The van der Waals surface area contributed by atoms with Gasteiger partial charge in [0.2, 0.25) is 5.91 Å². The number of likely N-dealkylation sites (N-methyl/N-ethyl adjacent to an activating group) is 1. The normalized spacial score (nSPS) is 10.8.